The molecule has 2 saturated heterocycles. The van der Waals surface area contributed by atoms with Crippen LogP contribution >= 0.6 is 0 Å². The molecule has 0 N–H and O–H groups in total. The molecule has 0 radical (unpaired) electrons. The maximum absolute atomic E-state index is 12.7. The lowest BCUT2D eigenvalue weighted by Crippen LogP contribution is -2.41. The Hall–Kier alpha value is -2.38. The number of hydrogen-bond donors (Lipinski definition) is 0. The molecule has 1 atom stereocenters. The average molecular weight is 381 g/mol. The zero-order valence-electron chi connectivity index (χ0n) is 16.4. The first-order valence-corrected chi connectivity index (χ1v) is 10.0. The van der Waals surface area contributed by atoms with Crippen molar-refractivity contribution in [1.82, 2.24) is 24.8 Å². The van der Waals surface area contributed by atoms with Crippen molar-refractivity contribution in [2.24, 2.45) is 0 Å². The summed E-state index contributed by atoms with van der Waals surface area (Å²) in [7, 11) is 0. The molecule has 2 aromatic rings. The van der Waals surface area contributed by atoms with Crippen LogP contribution in [0.5, 0.6) is 0 Å². The highest BCUT2D eigenvalue weighted by Gasteiger charge is 2.26. The third-order valence-electron chi connectivity index (χ3n) is 5.51. The summed E-state index contributed by atoms with van der Waals surface area (Å²) in [6.07, 6.45) is 5.75. The van der Waals surface area contributed by atoms with Gasteiger partial charge in [0.2, 0.25) is 0 Å². The predicted molar refractivity (Wildman–Crippen MR) is 105 cm³/mol. The largest absolute Gasteiger partial charge is 0.378 e. The van der Waals surface area contributed by atoms with E-state index in [9.17, 15) is 4.79 Å². The van der Waals surface area contributed by atoms with Crippen molar-refractivity contribution < 1.29 is 9.53 Å². The van der Waals surface area contributed by atoms with Gasteiger partial charge in [-0.1, -0.05) is 6.07 Å². The first kappa shape index (κ1) is 19.0. The molecular weight excluding hydrogens is 354 g/mol. The highest BCUT2D eigenvalue weighted by atomic mass is 16.5. The molecular formula is C21H27N5O2. The topological polar surface area (TPSA) is 71.5 Å². The molecule has 7 heteroatoms. The van der Waals surface area contributed by atoms with E-state index in [0.717, 1.165) is 49.7 Å². The second kappa shape index (κ2) is 8.75. The minimum absolute atomic E-state index is 0.00720. The fourth-order valence-electron chi connectivity index (χ4n) is 3.96. The third kappa shape index (κ3) is 4.36. The number of carbonyl (C=O) groups is 1. The van der Waals surface area contributed by atoms with Crippen LogP contribution in [0.2, 0.25) is 0 Å². The number of piperidine rings is 1. The van der Waals surface area contributed by atoms with E-state index in [0.29, 0.717) is 37.8 Å². The Morgan fingerprint density at radius 2 is 2.07 bits per heavy atom. The highest BCUT2D eigenvalue weighted by molar-refractivity contribution is 5.95. The SMILES string of the molecule is Cc1nc(C2CCCN(Cc3ccccn3)C2)ncc1C(=O)N1CCOCC1. The van der Waals surface area contributed by atoms with Gasteiger partial charge in [-0.3, -0.25) is 14.7 Å². The zero-order valence-corrected chi connectivity index (χ0v) is 16.4. The lowest BCUT2D eigenvalue weighted by atomic mass is 9.96. The first-order chi connectivity index (χ1) is 13.7. The molecule has 0 bridgehead atoms. The van der Waals surface area contributed by atoms with Crippen molar-refractivity contribution in [1.29, 1.82) is 0 Å². The standard InChI is InChI=1S/C21H27N5O2/c1-16-19(21(27)26-9-11-28-12-10-26)13-23-20(24-16)17-5-4-8-25(14-17)15-18-6-2-3-7-22-18/h2-3,6-7,13,17H,4-5,8-12,14-15H2,1H3. The van der Waals surface area contributed by atoms with Gasteiger partial charge in [0, 0.05) is 44.5 Å². The van der Waals surface area contributed by atoms with Crippen LogP contribution in [0, 0.1) is 6.92 Å². The maximum atomic E-state index is 12.7. The van der Waals surface area contributed by atoms with Crippen molar-refractivity contribution >= 4 is 5.91 Å². The Labute approximate surface area is 165 Å². The molecule has 4 rings (SSSR count). The molecule has 0 aromatic carbocycles. The lowest BCUT2D eigenvalue weighted by molar-refractivity contribution is 0.0301. The van der Waals surface area contributed by atoms with Gasteiger partial charge in [-0.25, -0.2) is 9.97 Å². The summed E-state index contributed by atoms with van der Waals surface area (Å²) >= 11 is 0. The summed E-state index contributed by atoms with van der Waals surface area (Å²) in [5, 5.41) is 0. The number of nitrogens with zero attached hydrogens (tertiary/aromatic N) is 5. The maximum Gasteiger partial charge on any atom is 0.257 e. The quantitative estimate of drug-likeness (QED) is 0.807. The molecule has 0 spiro atoms. The van der Waals surface area contributed by atoms with E-state index in [-0.39, 0.29) is 5.91 Å². The van der Waals surface area contributed by atoms with Crippen LogP contribution in [0.1, 0.15) is 46.3 Å². The number of aromatic nitrogens is 3. The number of hydrogen-bond acceptors (Lipinski definition) is 6. The number of likely N-dealkylation sites (tertiary alicyclic amines) is 1. The molecule has 4 heterocycles. The molecule has 1 amide bonds. The van der Waals surface area contributed by atoms with Crippen LogP contribution in [0.3, 0.4) is 0 Å². The molecule has 1 unspecified atom stereocenters. The van der Waals surface area contributed by atoms with Crippen molar-refractivity contribution in [3.63, 3.8) is 0 Å². The van der Waals surface area contributed by atoms with Crippen LogP contribution in [0.15, 0.2) is 30.6 Å². The Bertz CT molecular complexity index is 808. The number of morpholine rings is 1. The fraction of sp³-hybridized carbons (Fsp3) is 0.524. The Kier molecular flexibility index (Phi) is 5.92. The van der Waals surface area contributed by atoms with E-state index in [1.807, 2.05) is 30.2 Å². The Morgan fingerprint density at radius 1 is 1.21 bits per heavy atom. The van der Waals surface area contributed by atoms with Gasteiger partial charge in [0.1, 0.15) is 5.82 Å². The van der Waals surface area contributed by atoms with Gasteiger partial charge >= 0.3 is 0 Å². The Morgan fingerprint density at radius 3 is 2.82 bits per heavy atom. The molecule has 148 valence electrons. The minimum Gasteiger partial charge on any atom is -0.378 e. The summed E-state index contributed by atoms with van der Waals surface area (Å²) in [5.74, 6) is 1.15. The van der Waals surface area contributed by atoms with Gasteiger partial charge in [-0.15, -0.1) is 0 Å². The molecule has 2 aliphatic rings. The van der Waals surface area contributed by atoms with E-state index in [1.54, 1.807) is 6.20 Å². The van der Waals surface area contributed by atoms with E-state index < -0.39 is 0 Å². The summed E-state index contributed by atoms with van der Waals surface area (Å²) in [5.41, 5.74) is 2.46. The molecule has 2 fully saturated rings. The van der Waals surface area contributed by atoms with Crippen molar-refractivity contribution in [2.45, 2.75) is 32.2 Å². The second-order valence-corrected chi connectivity index (χ2v) is 7.53. The van der Waals surface area contributed by atoms with E-state index in [4.69, 9.17) is 9.72 Å². The summed E-state index contributed by atoms with van der Waals surface area (Å²) < 4.78 is 5.33. The minimum atomic E-state index is 0.00720. The van der Waals surface area contributed by atoms with Gasteiger partial charge in [0.15, 0.2) is 0 Å². The van der Waals surface area contributed by atoms with Crippen LogP contribution in [-0.2, 0) is 11.3 Å². The molecule has 0 aliphatic carbocycles. The number of ether oxygens (including phenoxy) is 1. The van der Waals surface area contributed by atoms with Crippen molar-refractivity contribution in [3.05, 3.63) is 53.4 Å². The Balaban J connectivity index is 1.43. The average Bonchev–Trinajstić information content (AvgIpc) is 2.75. The molecule has 7 nitrogen and oxygen atoms in total. The highest BCUT2D eigenvalue weighted by Crippen LogP contribution is 2.26. The first-order valence-electron chi connectivity index (χ1n) is 10.0. The van der Waals surface area contributed by atoms with Gasteiger partial charge in [-0.05, 0) is 38.4 Å². The zero-order chi connectivity index (χ0) is 19.3. The number of rotatable bonds is 4. The van der Waals surface area contributed by atoms with Crippen LogP contribution < -0.4 is 0 Å². The second-order valence-electron chi connectivity index (χ2n) is 7.53. The molecule has 2 aliphatic heterocycles. The van der Waals surface area contributed by atoms with E-state index in [2.05, 4.69) is 20.9 Å². The predicted octanol–water partition coefficient (Wildman–Crippen LogP) is 2.03. The van der Waals surface area contributed by atoms with Crippen molar-refractivity contribution in [3.8, 4) is 0 Å². The van der Waals surface area contributed by atoms with Gasteiger partial charge in [-0.2, -0.15) is 0 Å². The van der Waals surface area contributed by atoms with Crippen LogP contribution in [0.25, 0.3) is 0 Å². The van der Waals surface area contributed by atoms with E-state index >= 15 is 0 Å². The summed E-state index contributed by atoms with van der Waals surface area (Å²) in [4.78, 5) is 30.7. The van der Waals surface area contributed by atoms with Gasteiger partial charge in [0.05, 0.1) is 30.2 Å². The molecule has 0 saturated carbocycles. The number of carbonyl (C=O) groups excluding carboxylic acids is 1. The van der Waals surface area contributed by atoms with Gasteiger partial charge < -0.3 is 9.64 Å². The summed E-state index contributed by atoms with van der Waals surface area (Å²) in [6.45, 7) is 7.20. The molecule has 28 heavy (non-hydrogen) atoms. The summed E-state index contributed by atoms with van der Waals surface area (Å²) in [6, 6.07) is 6.04. The normalized spacial score (nSPS) is 20.9. The number of aryl methyl sites for hydroxylation is 1. The van der Waals surface area contributed by atoms with Crippen molar-refractivity contribution in [2.75, 3.05) is 39.4 Å². The number of pyridine rings is 1. The monoisotopic (exact) mass is 381 g/mol. The van der Waals surface area contributed by atoms with Gasteiger partial charge in [0.25, 0.3) is 5.91 Å². The van der Waals surface area contributed by atoms with Crippen LogP contribution in [-0.4, -0.2) is 70.1 Å². The lowest BCUT2D eigenvalue weighted by Gasteiger charge is -2.32. The third-order valence-corrected chi connectivity index (χ3v) is 5.51. The smallest absolute Gasteiger partial charge is 0.257 e. The fourth-order valence-corrected chi connectivity index (χ4v) is 3.96. The number of amides is 1. The van der Waals surface area contributed by atoms with Crippen LogP contribution in [0.4, 0.5) is 0 Å². The van der Waals surface area contributed by atoms with E-state index in [1.165, 1.54) is 0 Å². The molecule has 2 aromatic heterocycles.